The maximum absolute atomic E-state index is 11.2. The second-order valence-electron chi connectivity index (χ2n) is 5.15. The Hall–Kier alpha value is -1.88. The molecule has 110 valence electrons. The summed E-state index contributed by atoms with van der Waals surface area (Å²) in [5.41, 5.74) is 2.00. The van der Waals surface area contributed by atoms with Crippen LogP contribution in [0.3, 0.4) is 0 Å². The maximum Gasteiger partial charge on any atom is 0.339 e. The number of nitrogens with zero attached hydrogens (tertiary/aromatic N) is 2. The van der Waals surface area contributed by atoms with Crippen LogP contribution in [0, 0.1) is 6.92 Å². The molecule has 0 amide bonds. The minimum Gasteiger partial charge on any atom is -0.478 e. The molecule has 0 aliphatic rings. The zero-order chi connectivity index (χ0) is 15.4. The molecule has 2 aromatic rings. The predicted molar refractivity (Wildman–Crippen MR) is 83.8 cm³/mol. The number of hydrogen-bond acceptors (Lipinski definition) is 4. The lowest BCUT2D eigenvalue weighted by molar-refractivity contribution is 0.0694. The lowest BCUT2D eigenvalue weighted by Gasteiger charge is -2.10. The molecular weight excluding hydrogens is 284 g/mol. The minimum atomic E-state index is -0.975. The average molecular weight is 302 g/mol. The van der Waals surface area contributed by atoms with E-state index < -0.39 is 5.97 Å². The van der Waals surface area contributed by atoms with Crippen molar-refractivity contribution in [3.05, 3.63) is 53.1 Å². The van der Waals surface area contributed by atoms with E-state index in [2.05, 4.69) is 29.0 Å². The lowest BCUT2D eigenvalue weighted by Crippen LogP contribution is -2.09. The molecule has 0 aliphatic carbocycles. The zero-order valence-electron chi connectivity index (χ0n) is 12.3. The largest absolute Gasteiger partial charge is 0.478 e. The molecule has 1 N–H and O–H groups in total. The van der Waals surface area contributed by atoms with Crippen LogP contribution in [-0.2, 0) is 5.75 Å². The van der Waals surface area contributed by atoms with Crippen LogP contribution in [-0.4, -0.2) is 21.0 Å². The SMILES string of the molecule is Cc1cccc(SCc2ncc(C(=O)O)c(C(C)C)n2)c1. The molecule has 0 fully saturated rings. The van der Waals surface area contributed by atoms with Gasteiger partial charge in [0.05, 0.1) is 17.0 Å². The number of rotatable bonds is 5. The first-order chi connectivity index (χ1) is 9.97. The van der Waals surface area contributed by atoms with Crippen LogP contribution >= 0.6 is 11.8 Å². The summed E-state index contributed by atoms with van der Waals surface area (Å²) in [6.07, 6.45) is 1.41. The number of benzene rings is 1. The van der Waals surface area contributed by atoms with Crippen LogP contribution < -0.4 is 0 Å². The maximum atomic E-state index is 11.2. The summed E-state index contributed by atoms with van der Waals surface area (Å²) in [5, 5.41) is 9.16. The highest BCUT2D eigenvalue weighted by atomic mass is 32.2. The van der Waals surface area contributed by atoms with Crippen LogP contribution in [0.2, 0.25) is 0 Å². The summed E-state index contributed by atoms with van der Waals surface area (Å²) in [4.78, 5) is 20.9. The fraction of sp³-hybridized carbons (Fsp3) is 0.312. The summed E-state index contributed by atoms with van der Waals surface area (Å²) in [6, 6.07) is 8.23. The molecular formula is C16H18N2O2S. The molecule has 1 aromatic heterocycles. The van der Waals surface area contributed by atoms with Crippen LogP contribution in [0.4, 0.5) is 0 Å². The molecule has 1 aromatic carbocycles. The lowest BCUT2D eigenvalue weighted by atomic mass is 10.1. The summed E-state index contributed by atoms with van der Waals surface area (Å²) >= 11 is 1.65. The number of carbonyl (C=O) groups is 1. The van der Waals surface area contributed by atoms with Gasteiger partial charge in [0.1, 0.15) is 5.82 Å². The summed E-state index contributed by atoms with van der Waals surface area (Å²) < 4.78 is 0. The Morgan fingerprint density at radius 3 is 2.76 bits per heavy atom. The van der Waals surface area contributed by atoms with Crippen molar-refractivity contribution >= 4 is 17.7 Å². The molecule has 0 spiro atoms. The number of thioether (sulfide) groups is 1. The van der Waals surface area contributed by atoms with E-state index in [1.165, 1.54) is 11.8 Å². The van der Waals surface area contributed by atoms with Gasteiger partial charge in [-0.3, -0.25) is 0 Å². The molecule has 2 rings (SSSR count). The Morgan fingerprint density at radius 1 is 1.38 bits per heavy atom. The van der Waals surface area contributed by atoms with E-state index >= 15 is 0 Å². The van der Waals surface area contributed by atoms with Crippen LogP contribution in [0.1, 0.15) is 47.2 Å². The van der Waals surface area contributed by atoms with Gasteiger partial charge >= 0.3 is 5.97 Å². The summed E-state index contributed by atoms with van der Waals surface area (Å²) in [6.45, 7) is 5.93. The van der Waals surface area contributed by atoms with Gasteiger partial charge < -0.3 is 5.11 Å². The molecule has 1 heterocycles. The van der Waals surface area contributed by atoms with Crippen molar-refractivity contribution in [3.63, 3.8) is 0 Å². The number of carboxylic acids is 1. The first-order valence-electron chi connectivity index (χ1n) is 6.76. The third kappa shape index (κ3) is 4.04. The highest BCUT2D eigenvalue weighted by Crippen LogP contribution is 2.23. The highest BCUT2D eigenvalue weighted by Gasteiger charge is 2.16. The fourth-order valence-electron chi connectivity index (χ4n) is 1.96. The van der Waals surface area contributed by atoms with Gasteiger partial charge in [-0.2, -0.15) is 0 Å². The first kappa shape index (κ1) is 15.5. The molecule has 0 saturated heterocycles. The average Bonchev–Trinajstić information content (AvgIpc) is 2.44. The van der Waals surface area contributed by atoms with Crippen molar-refractivity contribution in [1.82, 2.24) is 9.97 Å². The monoisotopic (exact) mass is 302 g/mol. The number of aromatic nitrogens is 2. The topological polar surface area (TPSA) is 63.1 Å². The highest BCUT2D eigenvalue weighted by molar-refractivity contribution is 7.98. The van der Waals surface area contributed by atoms with Gasteiger partial charge in [0.15, 0.2) is 0 Å². The molecule has 0 unspecified atom stereocenters. The van der Waals surface area contributed by atoms with E-state index in [0.717, 1.165) is 4.90 Å². The third-order valence-electron chi connectivity index (χ3n) is 3.00. The Kier molecular flexibility index (Phi) is 4.96. The Labute approximate surface area is 128 Å². The summed E-state index contributed by atoms with van der Waals surface area (Å²) in [5.74, 6) is 0.372. The van der Waals surface area contributed by atoms with Crippen molar-refractivity contribution in [2.75, 3.05) is 0 Å². The Morgan fingerprint density at radius 2 is 2.14 bits per heavy atom. The van der Waals surface area contributed by atoms with E-state index in [0.29, 0.717) is 17.3 Å². The van der Waals surface area contributed by atoms with Crippen LogP contribution in [0.25, 0.3) is 0 Å². The third-order valence-corrected chi connectivity index (χ3v) is 3.99. The van der Waals surface area contributed by atoms with Gasteiger partial charge in [0.25, 0.3) is 0 Å². The molecule has 0 bridgehead atoms. The van der Waals surface area contributed by atoms with Crippen LogP contribution in [0.15, 0.2) is 35.4 Å². The van der Waals surface area contributed by atoms with E-state index in [1.54, 1.807) is 11.8 Å². The van der Waals surface area contributed by atoms with Gasteiger partial charge in [-0.15, -0.1) is 11.8 Å². The van der Waals surface area contributed by atoms with Gasteiger partial charge in [-0.25, -0.2) is 14.8 Å². The van der Waals surface area contributed by atoms with E-state index in [-0.39, 0.29) is 11.5 Å². The first-order valence-corrected chi connectivity index (χ1v) is 7.74. The number of carboxylic acid groups (broad SMARTS) is 1. The standard InChI is InChI=1S/C16H18N2O2S/c1-10(2)15-13(16(19)20)8-17-14(18-15)9-21-12-6-4-5-11(3)7-12/h4-8,10H,9H2,1-3H3,(H,19,20). The minimum absolute atomic E-state index is 0.0572. The molecule has 0 saturated carbocycles. The molecule has 21 heavy (non-hydrogen) atoms. The van der Waals surface area contributed by atoms with E-state index in [1.807, 2.05) is 26.0 Å². The van der Waals surface area contributed by atoms with Crippen molar-refractivity contribution in [2.45, 2.75) is 37.3 Å². The normalized spacial score (nSPS) is 10.9. The molecule has 4 nitrogen and oxygen atoms in total. The fourth-order valence-corrected chi connectivity index (χ4v) is 2.84. The number of aryl methyl sites for hydroxylation is 1. The second-order valence-corrected chi connectivity index (χ2v) is 6.20. The molecule has 0 aliphatic heterocycles. The van der Waals surface area contributed by atoms with Crippen molar-refractivity contribution < 1.29 is 9.90 Å². The van der Waals surface area contributed by atoms with E-state index in [4.69, 9.17) is 5.11 Å². The zero-order valence-corrected chi connectivity index (χ0v) is 13.1. The Balaban J connectivity index is 2.17. The van der Waals surface area contributed by atoms with Gasteiger partial charge in [-0.1, -0.05) is 31.5 Å². The number of aromatic carboxylic acids is 1. The molecule has 0 atom stereocenters. The summed E-state index contributed by atoms with van der Waals surface area (Å²) in [7, 11) is 0. The van der Waals surface area contributed by atoms with Gasteiger partial charge in [0, 0.05) is 11.1 Å². The van der Waals surface area contributed by atoms with E-state index in [9.17, 15) is 4.79 Å². The predicted octanol–water partition coefficient (Wildman–Crippen LogP) is 3.90. The van der Waals surface area contributed by atoms with Crippen LogP contribution in [0.5, 0.6) is 0 Å². The van der Waals surface area contributed by atoms with Crippen molar-refractivity contribution in [2.24, 2.45) is 0 Å². The smallest absolute Gasteiger partial charge is 0.339 e. The quantitative estimate of drug-likeness (QED) is 0.849. The van der Waals surface area contributed by atoms with Gasteiger partial charge in [0.2, 0.25) is 0 Å². The molecule has 0 radical (unpaired) electrons. The second kappa shape index (κ2) is 6.72. The van der Waals surface area contributed by atoms with Crippen molar-refractivity contribution in [3.8, 4) is 0 Å². The molecule has 5 heteroatoms. The van der Waals surface area contributed by atoms with Gasteiger partial charge in [-0.05, 0) is 25.0 Å². The Bertz CT molecular complexity index is 656. The number of hydrogen-bond donors (Lipinski definition) is 1. The van der Waals surface area contributed by atoms with Crippen molar-refractivity contribution in [1.29, 1.82) is 0 Å².